The number of anilines is 1. The van der Waals surface area contributed by atoms with E-state index in [2.05, 4.69) is 5.32 Å². The molecule has 9 nitrogen and oxygen atoms in total. The average Bonchev–Trinajstić information content (AvgIpc) is 3.31. The van der Waals surface area contributed by atoms with E-state index in [0.717, 1.165) is 10.7 Å². The van der Waals surface area contributed by atoms with Gasteiger partial charge >= 0.3 is 0 Å². The van der Waals surface area contributed by atoms with Crippen LogP contribution in [0.1, 0.15) is 32.8 Å². The van der Waals surface area contributed by atoms with E-state index in [0.29, 0.717) is 28.6 Å². The molecule has 190 valence electrons. The summed E-state index contributed by atoms with van der Waals surface area (Å²) in [5, 5.41) is 3.29. The molecule has 11 heteroatoms. The summed E-state index contributed by atoms with van der Waals surface area (Å²) in [5.74, 6) is -0.170. The Labute approximate surface area is 211 Å². The van der Waals surface area contributed by atoms with E-state index in [-0.39, 0.29) is 30.7 Å². The summed E-state index contributed by atoms with van der Waals surface area (Å²) >= 11 is 6.12. The summed E-state index contributed by atoms with van der Waals surface area (Å²) in [5.41, 5.74) is 0.990. The Hall–Kier alpha value is -2.98. The van der Waals surface area contributed by atoms with Crippen molar-refractivity contribution in [3.8, 4) is 11.5 Å². The fraction of sp³-hybridized carbons (Fsp3) is 0.417. The molecule has 1 aliphatic heterocycles. The highest BCUT2D eigenvalue weighted by molar-refractivity contribution is 7.92. The van der Waals surface area contributed by atoms with Gasteiger partial charge in [-0.05, 0) is 50.1 Å². The molecule has 2 aromatic rings. The van der Waals surface area contributed by atoms with Crippen LogP contribution in [0.25, 0.3) is 0 Å². The van der Waals surface area contributed by atoms with Crippen LogP contribution in [0.4, 0.5) is 5.69 Å². The SMILES string of the molecule is CCCNC(=O)[C@@H](C)N(Cc1cccc(Cl)c1)C(=O)CN(c1ccc2c(c1)OCO2)S(=O)(=O)CC. The zero-order valence-corrected chi connectivity index (χ0v) is 21.6. The predicted octanol–water partition coefficient (Wildman–Crippen LogP) is 3.17. The molecule has 35 heavy (non-hydrogen) atoms. The molecule has 1 N–H and O–H groups in total. The quantitative estimate of drug-likeness (QED) is 0.485. The van der Waals surface area contributed by atoms with E-state index < -0.39 is 28.5 Å². The standard InChI is InChI=1S/C24H30ClN3O6S/c1-4-11-26-24(30)17(3)27(14-18-7-6-8-19(25)12-18)23(29)15-28(35(31,32)5-2)20-9-10-21-22(13-20)34-16-33-21/h6-10,12-13,17H,4-5,11,14-16H2,1-3H3,(H,26,30)/t17-/m1/s1. The normalized spacial score (nSPS) is 13.3. The lowest BCUT2D eigenvalue weighted by atomic mass is 10.1. The van der Waals surface area contributed by atoms with Crippen molar-refractivity contribution in [1.82, 2.24) is 10.2 Å². The van der Waals surface area contributed by atoms with Crippen LogP contribution in [0.3, 0.4) is 0 Å². The third-order valence-corrected chi connectivity index (χ3v) is 7.56. The summed E-state index contributed by atoms with van der Waals surface area (Å²) < 4.78 is 37.7. The molecule has 0 saturated heterocycles. The van der Waals surface area contributed by atoms with Crippen molar-refractivity contribution in [2.75, 3.05) is 29.9 Å². The number of fused-ring (bicyclic) bond motifs is 1. The predicted molar refractivity (Wildman–Crippen MR) is 134 cm³/mol. The van der Waals surface area contributed by atoms with Crippen molar-refractivity contribution >= 4 is 39.1 Å². The minimum absolute atomic E-state index is 0.0377. The van der Waals surface area contributed by atoms with Gasteiger partial charge in [0.2, 0.25) is 28.6 Å². The lowest BCUT2D eigenvalue weighted by Crippen LogP contribution is -2.51. The highest BCUT2D eigenvalue weighted by atomic mass is 35.5. The van der Waals surface area contributed by atoms with Gasteiger partial charge in [0.15, 0.2) is 11.5 Å². The summed E-state index contributed by atoms with van der Waals surface area (Å²) in [6.07, 6.45) is 0.743. The summed E-state index contributed by atoms with van der Waals surface area (Å²) in [4.78, 5) is 27.7. The number of carbonyl (C=O) groups excluding carboxylic acids is 2. The fourth-order valence-electron chi connectivity index (χ4n) is 3.57. The van der Waals surface area contributed by atoms with E-state index in [1.165, 1.54) is 17.9 Å². The first kappa shape index (κ1) is 26.6. The Morgan fingerprint density at radius 3 is 2.54 bits per heavy atom. The van der Waals surface area contributed by atoms with Crippen LogP contribution in [0, 0.1) is 0 Å². The van der Waals surface area contributed by atoms with Crippen molar-refractivity contribution in [2.24, 2.45) is 0 Å². The minimum atomic E-state index is -3.83. The van der Waals surface area contributed by atoms with Crippen LogP contribution in [-0.2, 0) is 26.2 Å². The molecule has 1 atom stereocenters. The van der Waals surface area contributed by atoms with Crippen molar-refractivity contribution in [3.05, 3.63) is 53.1 Å². The maximum atomic E-state index is 13.6. The van der Waals surface area contributed by atoms with Gasteiger partial charge in [0, 0.05) is 24.2 Å². The third kappa shape index (κ3) is 6.58. The molecule has 2 amide bonds. The van der Waals surface area contributed by atoms with Crippen LogP contribution in [0.5, 0.6) is 11.5 Å². The van der Waals surface area contributed by atoms with E-state index in [9.17, 15) is 18.0 Å². The average molecular weight is 524 g/mol. The van der Waals surface area contributed by atoms with Crippen LogP contribution in [0.15, 0.2) is 42.5 Å². The molecule has 1 heterocycles. The van der Waals surface area contributed by atoms with Gasteiger partial charge in [-0.2, -0.15) is 0 Å². The minimum Gasteiger partial charge on any atom is -0.454 e. The number of rotatable bonds is 11. The highest BCUT2D eigenvalue weighted by Gasteiger charge is 2.31. The van der Waals surface area contributed by atoms with Crippen LogP contribution in [-0.4, -0.2) is 56.8 Å². The number of ether oxygens (including phenoxy) is 2. The Morgan fingerprint density at radius 1 is 1.11 bits per heavy atom. The first-order chi connectivity index (χ1) is 16.7. The van der Waals surface area contributed by atoms with E-state index in [4.69, 9.17) is 21.1 Å². The van der Waals surface area contributed by atoms with E-state index in [1.54, 1.807) is 43.3 Å². The molecule has 0 bridgehead atoms. The second-order valence-electron chi connectivity index (χ2n) is 8.06. The molecule has 0 fully saturated rings. The fourth-order valence-corrected chi connectivity index (χ4v) is 4.84. The maximum Gasteiger partial charge on any atom is 0.244 e. The summed E-state index contributed by atoms with van der Waals surface area (Å²) in [6, 6.07) is 10.8. The van der Waals surface area contributed by atoms with E-state index in [1.807, 2.05) is 6.92 Å². The monoisotopic (exact) mass is 523 g/mol. The summed E-state index contributed by atoms with van der Waals surface area (Å²) in [7, 11) is -3.83. The number of carbonyl (C=O) groups is 2. The van der Waals surface area contributed by atoms with Gasteiger partial charge in [-0.15, -0.1) is 0 Å². The molecular formula is C24H30ClN3O6S. The van der Waals surface area contributed by atoms with Gasteiger partial charge in [0.25, 0.3) is 0 Å². The number of nitrogens with one attached hydrogen (secondary N) is 1. The molecule has 2 aromatic carbocycles. The van der Waals surface area contributed by atoms with Crippen molar-refractivity contribution in [2.45, 2.75) is 39.8 Å². The van der Waals surface area contributed by atoms with Crippen LogP contribution >= 0.6 is 11.6 Å². The molecule has 0 saturated carbocycles. The topological polar surface area (TPSA) is 105 Å². The van der Waals surface area contributed by atoms with Crippen molar-refractivity contribution in [3.63, 3.8) is 0 Å². The number of hydrogen-bond donors (Lipinski definition) is 1. The number of benzene rings is 2. The lowest BCUT2D eigenvalue weighted by Gasteiger charge is -2.32. The van der Waals surface area contributed by atoms with Gasteiger partial charge in [0.05, 0.1) is 11.4 Å². The van der Waals surface area contributed by atoms with Gasteiger partial charge < -0.3 is 19.7 Å². The highest BCUT2D eigenvalue weighted by Crippen LogP contribution is 2.36. The van der Waals surface area contributed by atoms with Gasteiger partial charge in [-0.3, -0.25) is 13.9 Å². The first-order valence-electron chi connectivity index (χ1n) is 11.4. The Kier molecular flexibility index (Phi) is 8.85. The van der Waals surface area contributed by atoms with Crippen molar-refractivity contribution in [1.29, 1.82) is 0 Å². The van der Waals surface area contributed by atoms with Crippen LogP contribution < -0.4 is 19.1 Å². The molecule has 0 unspecified atom stereocenters. The van der Waals surface area contributed by atoms with Gasteiger partial charge in [0.1, 0.15) is 12.6 Å². The Bertz CT molecular complexity index is 1170. The number of hydrogen-bond acceptors (Lipinski definition) is 6. The lowest BCUT2D eigenvalue weighted by molar-refractivity contribution is -0.139. The van der Waals surface area contributed by atoms with Gasteiger partial charge in [-0.1, -0.05) is 30.7 Å². The smallest absolute Gasteiger partial charge is 0.244 e. The largest absolute Gasteiger partial charge is 0.454 e. The molecule has 0 spiro atoms. The number of halogens is 1. The third-order valence-electron chi connectivity index (χ3n) is 5.58. The molecular weight excluding hydrogens is 494 g/mol. The zero-order chi connectivity index (χ0) is 25.6. The Balaban J connectivity index is 1.93. The number of sulfonamides is 1. The second-order valence-corrected chi connectivity index (χ2v) is 10.7. The first-order valence-corrected chi connectivity index (χ1v) is 13.4. The summed E-state index contributed by atoms with van der Waals surface area (Å²) in [6.45, 7) is 5.16. The van der Waals surface area contributed by atoms with E-state index >= 15 is 0 Å². The van der Waals surface area contributed by atoms with Crippen LogP contribution in [0.2, 0.25) is 5.02 Å². The van der Waals surface area contributed by atoms with Gasteiger partial charge in [-0.25, -0.2) is 8.42 Å². The molecule has 0 aliphatic carbocycles. The molecule has 0 aromatic heterocycles. The second kappa shape index (κ2) is 11.6. The number of nitrogens with zero attached hydrogens (tertiary/aromatic N) is 2. The molecule has 1 aliphatic rings. The maximum absolute atomic E-state index is 13.6. The number of amides is 2. The Morgan fingerprint density at radius 2 is 1.86 bits per heavy atom. The molecule has 3 rings (SSSR count). The molecule has 0 radical (unpaired) electrons. The van der Waals surface area contributed by atoms with Crippen molar-refractivity contribution < 1.29 is 27.5 Å². The zero-order valence-electron chi connectivity index (χ0n) is 20.0.